The SMILES string of the molecule is O=C(O)c1ccc(C(O)C(O)C(=O)O)s1. The van der Waals surface area contributed by atoms with Gasteiger partial charge in [0.15, 0.2) is 6.10 Å². The number of aromatic carboxylic acids is 1. The molecule has 0 saturated carbocycles. The van der Waals surface area contributed by atoms with Gasteiger partial charge in [0.1, 0.15) is 11.0 Å². The van der Waals surface area contributed by atoms with Crippen LogP contribution in [0, 0.1) is 0 Å². The van der Waals surface area contributed by atoms with Crippen LogP contribution in [0.3, 0.4) is 0 Å². The highest BCUT2D eigenvalue weighted by Crippen LogP contribution is 2.25. The van der Waals surface area contributed by atoms with Gasteiger partial charge in [0.25, 0.3) is 0 Å². The molecule has 0 aliphatic carbocycles. The van der Waals surface area contributed by atoms with Crippen molar-refractivity contribution >= 4 is 23.3 Å². The molecule has 0 radical (unpaired) electrons. The molecular weight excluding hydrogens is 224 g/mol. The van der Waals surface area contributed by atoms with E-state index in [4.69, 9.17) is 15.3 Å². The lowest BCUT2D eigenvalue weighted by molar-refractivity contribution is -0.152. The normalized spacial score (nSPS) is 14.5. The van der Waals surface area contributed by atoms with Crippen LogP contribution in [-0.4, -0.2) is 38.5 Å². The molecule has 6 nitrogen and oxygen atoms in total. The minimum atomic E-state index is -1.95. The molecule has 0 aromatic carbocycles. The van der Waals surface area contributed by atoms with Crippen LogP contribution in [0.2, 0.25) is 0 Å². The van der Waals surface area contributed by atoms with E-state index in [0.29, 0.717) is 0 Å². The maximum atomic E-state index is 10.5. The molecule has 0 bridgehead atoms. The first kappa shape index (κ1) is 11.6. The minimum absolute atomic E-state index is 0.0263. The Balaban J connectivity index is 2.87. The molecule has 0 aliphatic rings. The Bertz CT molecular complexity index is 384. The zero-order chi connectivity index (χ0) is 11.6. The van der Waals surface area contributed by atoms with Crippen LogP contribution < -0.4 is 0 Å². The number of aliphatic hydroxyl groups is 2. The summed E-state index contributed by atoms with van der Waals surface area (Å²) in [5.41, 5.74) is 0. The Labute approximate surface area is 88.0 Å². The molecule has 0 amide bonds. The number of aliphatic hydroxyl groups excluding tert-OH is 2. The Hall–Kier alpha value is -1.44. The van der Waals surface area contributed by atoms with Crippen LogP contribution in [0.15, 0.2) is 12.1 Å². The summed E-state index contributed by atoms with van der Waals surface area (Å²) in [5.74, 6) is -2.73. The van der Waals surface area contributed by atoms with E-state index < -0.39 is 24.1 Å². The van der Waals surface area contributed by atoms with Crippen LogP contribution in [0.4, 0.5) is 0 Å². The van der Waals surface area contributed by atoms with E-state index in [1.807, 2.05) is 0 Å². The molecule has 1 aromatic heterocycles. The summed E-state index contributed by atoms with van der Waals surface area (Å²) in [5, 5.41) is 35.3. The van der Waals surface area contributed by atoms with Gasteiger partial charge in [-0.25, -0.2) is 9.59 Å². The second-order valence-electron chi connectivity index (χ2n) is 2.74. The molecular formula is C8H8O6S. The molecule has 0 fully saturated rings. The second kappa shape index (κ2) is 4.39. The summed E-state index contributed by atoms with van der Waals surface area (Å²) in [4.78, 5) is 20.9. The van der Waals surface area contributed by atoms with Crippen molar-refractivity contribution in [3.63, 3.8) is 0 Å². The maximum Gasteiger partial charge on any atom is 0.345 e. The van der Waals surface area contributed by atoms with Gasteiger partial charge in [-0.05, 0) is 12.1 Å². The van der Waals surface area contributed by atoms with Crippen molar-refractivity contribution in [2.45, 2.75) is 12.2 Å². The highest BCUT2D eigenvalue weighted by atomic mass is 32.1. The number of carboxylic acid groups (broad SMARTS) is 2. The number of thiophene rings is 1. The third kappa shape index (κ3) is 2.52. The minimum Gasteiger partial charge on any atom is -0.479 e. The summed E-state index contributed by atoms with van der Waals surface area (Å²) < 4.78 is 0. The van der Waals surface area contributed by atoms with Crippen molar-refractivity contribution in [1.29, 1.82) is 0 Å². The Kier molecular flexibility index (Phi) is 3.40. The topological polar surface area (TPSA) is 115 Å². The molecule has 82 valence electrons. The van der Waals surface area contributed by atoms with Crippen LogP contribution in [0.25, 0.3) is 0 Å². The standard InChI is InChI=1S/C8H8O6S/c9-5(6(10)8(13)14)3-1-2-4(15-3)7(11)12/h1-2,5-6,9-10H,(H,11,12)(H,13,14). The number of carbonyl (C=O) groups is 2. The molecule has 2 unspecified atom stereocenters. The van der Waals surface area contributed by atoms with Gasteiger partial charge in [-0.1, -0.05) is 0 Å². The van der Waals surface area contributed by atoms with E-state index in [2.05, 4.69) is 0 Å². The molecule has 1 rings (SSSR count). The lowest BCUT2D eigenvalue weighted by Crippen LogP contribution is -2.26. The van der Waals surface area contributed by atoms with Crippen LogP contribution >= 0.6 is 11.3 Å². The highest BCUT2D eigenvalue weighted by molar-refractivity contribution is 7.14. The lowest BCUT2D eigenvalue weighted by Gasteiger charge is -2.11. The van der Waals surface area contributed by atoms with Gasteiger partial charge in [-0.2, -0.15) is 0 Å². The van der Waals surface area contributed by atoms with E-state index in [1.165, 1.54) is 12.1 Å². The molecule has 1 aromatic rings. The molecule has 0 spiro atoms. The first-order valence-electron chi connectivity index (χ1n) is 3.85. The fraction of sp³-hybridized carbons (Fsp3) is 0.250. The van der Waals surface area contributed by atoms with E-state index in [0.717, 1.165) is 11.3 Å². The maximum absolute atomic E-state index is 10.5. The summed E-state index contributed by atoms with van der Waals surface area (Å²) in [6.07, 6.45) is -3.56. The number of carboxylic acids is 2. The van der Waals surface area contributed by atoms with Crippen molar-refractivity contribution in [2.24, 2.45) is 0 Å². The van der Waals surface area contributed by atoms with E-state index >= 15 is 0 Å². The van der Waals surface area contributed by atoms with Gasteiger partial charge in [0.2, 0.25) is 0 Å². The molecule has 15 heavy (non-hydrogen) atoms. The van der Waals surface area contributed by atoms with E-state index in [-0.39, 0.29) is 9.75 Å². The van der Waals surface area contributed by atoms with Crippen LogP contribution in [0.1, 0.15) is 20.7 Å². The van der Waals surface area contributed by atoms with Crippen LogP contribution in [0.5, 0.6) is 0 Å². The lowest BCUT2D eigenvalue weighted by atomic mass is 10.2. The van der Waals surface area contributed by atoms with Crippen molar-refractivity contribution < 1.29 is 30.0 Å². The molecule has 1 heterocycles. The predicted octanol–water partition coefficient (Wildman–Crippen LogP) is -0.0748. The molecule has 0 aliphatic heterocycles. The smallest absolute Gasteiger partial charge is 0.345 e. The van der Waals surface area contributed by atoms with Crippen molar-refractivity contribution in [2.75, 3.05) is 0 Å². The Morgan fingerprint density at radius 3 is 2.20 bits per heavy atom. The molecule has 4 N–H and O–H groups in total. The number of hydrogen-bond donors (Lipinski definition) is 4. The average Bonchev–Trinajstić information content (AvgIpc) is 2.64. The molecule has 0 saturated heterocycles. The fourth-order valence-corrected chi connectivity index (χ4v) is 1.78. The first-order chi connectivity index (χ1) is 6.93. The Morgan fingerprint density at radius 1 is 1.20 bits per heavy atom. The third-order valence-electron chi connectivity index (χ3n) is 1.68. The predicted molar refractivity (Wildman–Crippen MR) is 49.9 cm³/mol. The van der Waals surface area contributed by atoms with Crippen molar-refractivity contribution in [3.8, 4) is 0 Å². The van der Waals surface area contributed by atoms with Gasteiger partial charge >= 0.3 is 11.9 Å². The number of aliphatic carboxylic acids is 1. The first-order valence-corrected chi connectivity index (χ1v) is 4.67. The van der Waals surface area contributed by atoms with Crippen molar-refractivity contribution in [3.05, 3.63) is 21.9 Å². The molecule has 7 heteroatoms. The summed E-state index contributed by atoms with van der Waals surface area (Å²) in [7, 11) is 0. The van der Waals surface area contributed by atoms with E-state index in [9.17, 15) is 14.7 Å². The largest absolute Gasteiger partial charge is 0.479 e. The van der Waals surface area contributed by atoms with Gasteiger partial charge in [-0.15, -0.1) is 11.3 Å². The summed E-state index contributed by atoms with van der Waals surface area (Å²) in [6.45, 7) is 0. The number of hydrogen-bond acceptors (Lipinski definition) is 5. The molecule has 2 atom stereocenters. The quantitative estimate of drug-likeness (QED) is 0.577. The van der Waals surface area contributed by atoms with Gasteiger partial charge in [-0.3, -0.25) is 0 Å². The van der Waals surface area contributed by atoms with Crippen molar-refractivity contribution in [1.82, 2.24) is 0 Å². The highest BCUT2D eigenvalue weighted by Gasteiger charge is 2.26. The monoisotopic (exact) mass is 232 g/mol. The van der Waals surface area contributed by atoms with E-state index in [1.54, 1.807) is 0 Å². The fourth-order valence-electron chi connectivity index (χ4n) is 0.917. The number of rotatable bonds is 4. The zero-order valence-corrected chi connectivity index (χ0v) is 8.14. The van der Waals surface area contributed by atoms with Gasteiger partial charge in [0, 0.05) is 4.88 Å². The summed E-state index contributed by atoms with van der Waals surface area (Å²) in [6, 6.07) is 2.51. The van der Waals surface area contributed by atoms with Gasteiger partial charge in [0.05, 0.1) is 0 Å². The third-order valence-corrected chi connectivity index (χ3v) is 2.83. The average molecular weight is 232 g/mol. The zero-order valence-electron chi connectivity index (χ0n) is 7.32. The van der Waals surface area contributed by atoms with Gasteiger partial charge < -0.3 is 20.4 Å². The summed E-state index contributed by atoms with van der Waals surface area (Å²) >= 11 is 0.722. The Morgan fingerprint density at radius 2 is 1.80 bits per heavy atom. The second-order valence-corrected chi connectivity index (χ2v) is 3.85. The van der Waals surface area contributed by atoms with Crippen LogP contribution in [-0.2, 0) is 4.79 Å².